The Morgan fingerprint density at radius 2 is 1.89 bits per heavy atom. The van der Waals surface area contributed by atoms with Crippen molar-refractivity contribution in [3.8, 4) is 0 Å². The summed E-state index contributed by atoms with van der Waals surface area (Å²) in [6.07, 6.45) is 2.24. The monoisotopic (exact) mass is 413 g/mol. The van der Waals surface area contributed by atoms with Crippen molar-refractivity contribution in [3.63, 3.8) is 0 Å². The molecule has 2 rings (SSSR count). The van der Waals surface area contributed by atoms with Gasteiger partial charge in [0.2, 0.25) is 17.7 Å². The van der Waals surface area contributed by atoms with E-state index in [0.717, 1.165) is 12.8 Å². The number of carbonyl (C=O) groups excluding carboxylic acids is 3. The standard InChI is InChI=1S/C19H25Cl2N3O3/c1-19(2,3)18(27)22-11-16(25)24-9-5-4-6-15(24)17(26)23-14-8-7-12(20)10-13(14)21/h7-8,10,15H,4-6,9,11H2,1-3H3,(H,22,27)(H,23,26). The van der Waals surface area contributed by atoms with Gasteiger partial charge in [-0.25, -0.2) is 0 Å². The van der Waals surface area contributed by atoms with E-state index in [4.69, 9.17) is 23.2 Å². The molecule has 1 aliphatic heterocycles. The zero-order chi connectivity index (χ0) is 20.2. The van der Waals surface area contributed by atoms with E-state index in [9.17, 15) is 14.4 Å². The molecule has 148 valence electrons. The Balaban J connectivity index is 2.04. The Kier molecular flexibility index (Phi) is 7.12. The number of nitrogens with zero attached hydrogens (tertiary/aromatic N) is 1. The van der Waals surface area contributed by atoms with Crippen molar-refractivity contribution < 1.29 is 14.4 Å². The summed E-state index contributed by atoms with van der Waals surface area (Å²) in [7, 11) is 0. The smallest absolute Gasteiger partial charge is 0.247 e. The molecule has 0 aromatic heterocycles. The van der Waals surface area contributed by atoms with E-state index in [1.165, 1.54) is 4.90 Å². The fourth-order valence-electron chi connectivity index (χ4n) is 2.83. The predicted molar refractivity (Wildman–Crippen MR) is 107 cm³/mol. The largest absolute Gasteiger partial charge is 0.347 e. The molecule has 0 radical (unpaired) electrons. The highest BCUT2D eigenvalue weighted by Gasteiger charge is 2.33. The number of amides is 3. The molecule has 0 spiro atoms. The Hall–Kier alpha value is -1.79. The van der Waals surface area contributed by atoms with Crippen molar-refractivity contribution in [3.05, 3.63) is 28.2 Å². The van der Waals surface area contributed by atoms with Crippen molar-refractivity contribution in [2.24, 2.45) is 5.41 Å². The minimum absolute atomic E-state index is 0.123. The van der Waals surface area contributed by atoms with Crippen molar-refractivity contribution in [1.82, 2.24) is 10.2 Å². The van der Waals surface area contributed by atoms with E-state index in [2.05, 4.69) is 10.6 Å². The van der Waals surface area contributed by atoms with Gasteiger partial charge < -0.3 is 15.5 Å². The molecule has 2 N–H and O–H groups in total. The summed E-state index contributed by atoms with van der Waals surface area (Å²) in [5.41, 5.74) is -0.130. The van der Waals surface area contributed by atoms with Crippen LogP contribution in [-0.4, -0.2) is 41.8 Å². The summed E-state index contributed by atoms with van der Waals surface area (Å²) in [5.74, 6) is -0.772. The van der Waals surface area contributed by atoms with Crippen LogP contribution in [0.15, 0.2) is 18.2 Å². The number of likely N-dealkylation sites (tertiary alicyclic amines) is 1. The van der Waals surface area contributed by atoms with E-state index < -0.39 is 11.5 Å². The van der Waals surface area contributed by atoms with Crippen molar-refractivity contribution >= 4 is 46.6 Å². The molecular weight excluding hydrogens is 389 g/mol. The Morgan fingerprint density at radius 3 is 2.52 bits per heavy atom. The van der Waals surface area contributed by atoms with Crippen LogP contribution < -0.4 is 10.6 Å². The van der Waals surface area contributed by atoms with Crippen LogP contribution in [0.3, 0.4) is 0 Å². The molecule has 0 saturated carbocycles. The second kappa shape index (κ2) is 8.93. The third-order valence-electron chi connectivity index (χ3n) is 4.40. The van der Waals surface area contributed by atoms with Crippen molar-refractivity contribution in [1.29, 1.82) is 0 Å². The van der Waals surface area contributed by atoms with Gasteiger partial charge in [-0.3, -0.25) is 14.4 Å². The summed E-state index contributed by atoms with van der Waals surface area (Å²) in [4.78, 5) is 38.8. The fourth-order valence-corrected chi connectivity index (χ4v) is 3.29. The first-order chi connectivity index (χ1) is 12.6. The maximum absolute atomic E-state index is 12.7. The van der Waals surface area contributed by atoms with Crippen LogP contribution in [0.4, 0.5) is 5.69 Å². The lowest BCUT2D eigenvalue weighted by molar-refractivity contribution is -0.141. The van der Waals surface area contributed by atoms with Crippen LogP contribution >= 0.6 is 23.2 Å². The zero-order valence-corrected chi connectivity index (χ0v) is 17.3. The molecule has 3 amide bonds. The van der Waals surface area contributed by atoms with Crippen LogP contribution in [-0.2, 0) is 14.4 Å². The molecule has 1 aliphatic rings. The van der Waals surface area contributed by atoms with Gasteiger partial charge in [-0.15, -0.1) is 0 Å². The maximum atomic E-state index is 12.7. The molecule has 1 fully saturated rings. The molecule has 6 nitrogen and oxygen atoms in total. The number of rotatable bonds is 4. The van der Waals surface area contributed by atoms with E-state index in [0.29, 0.717) is 28.7 Å². The topological polar surface area (TPSA) is 78.5 Å². The van der Waals surface area contributed by atoms with Gasteiger partial charge in [0.1, 0.15) is 6.04 Å². The number of hydrogen-bond acceptors (Lipinski definition) is 3. The molecule has 8 heteroatoms. The molecule has 1 aromatic rings. The number of anilines is 1. The van der Waals surface area contributed by atoms with Gasteiger partial charge in [-0.2, -0.15) is 0 Å². The molecule has 0 bridgehead atoms. The van der Waals surface area contributed by atoms with Crippen molar-refractivity contribution in [2.75, 3.05) is 18.4 Å². The van der Waals surface area contributed by atoms with Crippen LogP contribution in [0.5, 0.6) is 0 Å². The van der Waals surface area contributed by atoms with Gasteiger partial charge in [-0.05, 0) is 37.5 Å². The third kappa shape index (κ3) is 5.84. The third-order valence-corrected chi connectivity index (χ3v) is 4.94. The first kappa shape index (κ1) is 21.5. The molecule has 1 aromatic carbocycles. The van der Waals surface area contributed by atoms with Gasteiger partial charge in [-0.1, -0.05) is 44.0 Å². The molecule has 1 heterocycles. The van der Waals surface area contributed by atoms with Gasteiger partial charge >= 0.3 is 0 Å². The van der Waals surface area contributed by atoms with Gasteiger partial charge in [0, 0.05) is 17.0 Å². The SMILES string of the molecule is CC(C)(C)C(=O)NCC(=O)N1CCCCC1C(=O)Nc1ccc(Cl)cc1Cl. The fraction of sp³-hybridized carbons (Fsp3) is 0.526. The summed E-state index contributed by atoms with van der Waals surface area (Å²) in [6, 6.07) is 4.21. The molecule has 1 atom stereocenters. The van der Waals surface area contributed by atoms with Crippen molar-refractivity contribution in [2.45, 2.75) is 46.1 Å². The minimum atomic E-state index is -0.593. The van der Waals surface area contributed by atoms with Gasteiger partial charge in [0.25, 0.3) is 0 Å². The number of halogens is 2. The second-order valence-electron chi connectivity index (χ2n) is 7.64. The highest BCUT2D eigenvalue weighted by atomic mass is 35.5. The molecule has 1 unspecified atom stereocenters. The zero-order valence-electron chi connectivity index (χ0n) is 15.8. The normalized spacial score (nSPS) is 17.4. The Bertz CT molecular complexity index is 731. The summed E-state index contributed by atoms with van der Waals surface area (Å²) in [5, 5.41) is 6.23. The van der Waals surface area contributed by atoms with Gasteiger partial charge in [0.05, 0.1) is 17.3 Å². The number of carbonyl (C=O) groups is 3. The minimum Gasteiger partial charge on any atom is -0.347 e. The van der Waals surface area contributed by atoms with E-state index >= 15 is 0 Å². The summed E-state index contributed by atoms with van der Waals surface area (Å²) in [6.45, 7) is 5.69. The highest BCUT2D eigenvalue weighted by molar-refractivity contribution is 6.36. The molecule has 0 aliphatic carbocycles. The highest BCUT2D eigenvalue weighted by Crippen LogP contribution is 2.27. The van der Waals surface area contributed by atoms with Gasteiger partial charge in [0.15, 0.2) is 0 Å². The molecular formula is C19H25Cl2N3O3. The molecule has 27 heavy (non-hydrogen) atoms. The van der Waals surface area contributed by atoms with E-state index in [-0.39, 0.29) is 24.3 Å². The first-order valence-electron chi connectivity index (χ1n) is 8.93. The van der Waals surface area contributed by atoms with E-state index in [1.54, 1.807) is 39.0 Å². The predicted octanol–water partition coefficient (Wildman–Crippen LogP) is 3.48. The lowest BCUT2D eigenvalue weighted by Gasteiger charge is -2.35. The van der Waals surface area contributed by atoms with Crippen LogP contribution in [0.25, 0.3) is 0 Å². The van der Waals surface area contributed by atoms with Crippen LogP contribution in [0.1, 0.15) is 40.0 Å². The van der Waals surface area contributed by atoms with Crippen LogP contribution in [0.2, 0.25) is 10.0 Å². The Labute approximate surface area is 169 Å². The quantitative estimate of drug-likeness (QED) is 0.792. The average molecular weight is 414 g/mol. The molecule has 1 saturated heterocycles. The van der Waals surface area contributed by atoms with Crippen LogP contribution in [0, 0.1) is 5.41 Å². The Morgan fingerprint density at radius 1 is 1.19 bits per heavy atom. The average Bonchev–Trinajstić information content (AvgIpc) is 2.60. The second-order valence-corrected chi connectivity index (χ2v) is 8.49. The summed E-state index contributed by atoms with van der Waals surface area (Å²) < 4.78 is 0. The number of hydrogen-bond donors (Lipinski definition) is 2. The lowest BCUT2D eigenvalue weighted by atomic mass is 9.96. The van der Waals surface area contributed by atoms with E-state index in [1.807, 2.05) is 0 Å². The number of piperidine rings is 1. The first-order valence-corrected chi connectivity index (χ1v) is 9.69. The number of nitrogens with one attached hydrogen (secondary N) is 2. The summed E-state index contributed by atoms with van der Waals surface area (Å²) >= 11 is 12.0. The maximum Gasteiger partial charge on any atom is 0.247 e. The number of benzene rings is 1. The lowest BCUT2D eigenvalue weighted by Crippen LogP contribution is -2.53.